The maximum Gasteiger partial charge on any atom is 0.255 e. The van der Waals surface area contributed by atoms with Crippen molar-refractivity contribution in [1.29, 1.82) is 0 Å². The van der Waals surface area contributed by atoms with Gasteiger partial charge in [0.05, 0.1) is 10.6 Å². The Kier molecular flexibility index (Phi) is 4.80. The average molecular weight is 236 g/mol. The van der Waals surface area contributed by atoms with Crippen LogP contribution in [0, 0.1) is 0 Å². The van der Waals surface area contributed by atoms with E-state index in [0.29, 0.717) is 23.7 Å². The van der Waals surface area contributed by atoms with E-state index in [1.165, 1.54) is 0 Å². The van der Waals surface area contributed by atoms with Crippen molar-refractivity contribution in [3.05, 3.63) is 60.2 Å². The van der Waals surface area contributed by atoms with Gasteiger partial charge in [0.1, 0.15) is 0 Å². The molecule has 16 heavy (non-hydrogen) atoms. The Morgan fingerprint density at radius 3 is 2.31 bits per heavy atom. The highest BCUT2D eigenvalue weighted by atomic mass is 35.5. The third-order valence-corrected chi connectivity index (χ3v) is 2.42. The largest absolute Gasteiger partial charge is 0.331 e. The van der Waals surface area contributed by atoms with E-state index >= 15 is 0 Å². The van der Waals surface area contributed by atoms with Gasteiger partial charge in [-0.3, -0.25) is 4.79 Å². The van der Waals surface area contributed by atoms with Crippen LogP contribution < -0.4 is 0 Å². The monoisotopic (exact) mass is 235 g/mol. The van der Waals surface area contributed by atoms with Crippen molar-refractivity contribution < 1.29 is 4.79 Å². The van der Waals surface area contributed by atoms with Gasteiger partial charge in [-0.25, -0.2) is 0 Å². The maximum absolute atomic E-state index is 12.1. The van der Waals surface area contributed by atoms with E-state index in [0.717, 1.165) is 0 Å². The smallest absolute Gasteiger partial charge is 0.255 e. The van der Waals surface area contributed by atoms with E-state index < -0.39 is 0 Å². The molecule has 84 valence electrons. The van der Waals surface area contributed by atoms with Gasteiger partial charge in [0, 0.05) is 13.1 Å². The van der Waals surface area contributed by atoms with Gasteiger partial charge >= 0.3 is 0 Å². The van der Waals surface area contributed by atoms with Crippen LogP contribution in [0.5, 0.6) is 0 Å². The first-order chi connectivity index (χ1) is 7.70. The van der Waals surface area contributed by atoms with Crippen molar-refractivity contribution in [3.8, 4) is 0 Å². The molecule has 0 saturated heterocycles. The van der Waals surface area contributed by atoms with Crippen molar-refractivity contribution >= 4 is 17.5 Å². The van der Waals surface area contributed by atoms with Crippen molar-refractivity contribution in [2.45, 2.75) is 0 Å². The molecule has 0 unspecified atom stereocenters. The van der Waals surface area contributed by atoms with Crippen molar-refractivity contribution in [3.63, 3.8) is 0 Å². The molecule has 0 heterocycles. The highest BCUT2D eigenvalue weighted by Gasteiger charge is 2.15. The van der Waals surface area contributed by atoms with Crippen LogP contribution in [0.2, 0.25) is 5.02 Å². The van der Waals surface area contributed by atoms with Gasteiger partial charge < -0.3 is 4.90 Å². The summed E-state index contributed by atoms with van der Waals surface area (Å²) in [5.41, 5.74) is 0.507. The molecule has 3 heteroatoms. The van der Waals surface area contributed by atoms with Crippen LogP contribution in [0.4, 0.5) is 0 Å². The number of carbonyl (C=O) groups excluding carboxylic acids is 1. The first-order valence-electron chi connectivity index (χ1n) is 4.96. The van der Waals surface area contributed by atoms with E-state index in [1.807, 2.05) is 0 Å². The van der Waals surface area contributed by atoms with E-state index in [4.69, 9.17) is 11.6 Å². The van der Waals surface area contributed by atoms with E-state index in [2.05, 4.69) is 13.2 Å². The Hall–Kier alpha value is -1.54. The second kappa shape index (κ2) is 6.13. The molecule has 0 radical (unpaired) electrons. The Labute approximate surface area is 101 Å². The van der Waals surface area contributed by atoms with Crippen molar-refractivity contribution in [2.75, 3.05) is 13.1 Å². The molecule has 0 fully saturated rings. The minimum atomic E-state index is -0.106. The highest BCUT2D eigenvalue weighted by molar-refractivity contribution is 6.33. The lowest BCUT2D eigenvalue weighted by molar-refractivity contribution is 0.0791. The van der Waals surface area contributed by atoms with Gasteiger partial charge in [0.15, 0.2) is 0 Å². The summed E-state index contributed by atoms with van der Waals surface area (Å²) in [4.78, 5) is 13.7. The number of hydrogen-bond donors (Lipinski definition) is 0. The number of rotatable bonds is 5. The van der Waals surface area contributed by atoms with Crippen molar-refractivity contribution in [2.24, 2.45) is 0 Å². The molecule has 0 N–H and O–H groups in total. The normalized spacial score (nSPS) is 9.56. The number of benzene rings is 1. The molecule has 0 aliphatic rings. The van der Waals surface area contributed by atoms with Crippen LogP contribution in [-0.2, 0) is 0 Å². The summed E-state index contributed by atoms with van der Waals surface area (Å²) in [5, 5.41) is 0.464. The molecule has 0 atom stereocenters. The van der Waals surface area contributed by atoms with Gasteiger partial charge in [-0.1, -0.05) is 35.9 Å². The fraction of sp³-hybridized carbons (Fsp3) is 0.154. The van der Waals surface area contributed by atoms with Crippen LogP contribution in [0.1, 0.15) is 10.4 Å². The molecule has 2 nitrogen and oxygen atoms in total. The topological polar surface area (TPSA) is 20.3 Å². The lowest BCUT2D eigenvalue weighted by atomic mass is 10.2. The van der Waals surface area contributed by atoms with Crippen LogP contribution in [0.15, 0.2) is 49.6 Å². The molecule has 0 aliphatic carbocycles. The lowest BCUT2D eigenvalue weighted by Crippen LogP contribution is -2.31. The summed E-state index contributed by atoms with van der Waals surface area (Å²) in [6.45, 7) is 8.20. The Morgan fingerprint density at radius 1 is 1.25 bits per heavy atom. The fourth-order valence-electron chi connectivity index (χ4n) is 1.36. The van der Waals surface area contributed by atoms with Crippen LogP contribution in [0.25, 0.3) is 0 Å². The van der Waals surface area contributed by atoms with E-state index in [-0.39, 0.29) is 5.91 Å². The molecule has 1 aromatic rings. The average Bonchev–Trinajstić information content (AvgIpc) is 2.28. The molecular weight excluding hydrogens is 222 g/mol. The van der Waals surface area contributed by atoms with Gasteiger partial charge in [-0.2, -0.15) is 0 Å². The molecule has 1 rings (SSSR count). The Morgan fingerprint density at radius 2 is 1.81 bits per heavy atom. The summed E-state index contributed by atoms with van der Waals surface area (Å²) >= 11 is 5.96. The summed E-state index contributed by atoms with van der Waals surface area (Å²) < 4.78 is 0. The predicted octanol–water partition coefficient (Wildman–Crippen LogP) is 3.15. The SMILES string of the molecule is C=CCN(CC=C)C(=O)c1ccccc1Cl. The van der Waals surface area contributed by atoms with Crippen molar-refractivity contribution in [1.82, 2.24) is 4.90 Å². The van der Waals surface area contributed by atoms with Gasteiger partial charge in [0.25, 0.3) is 5.91 Å². The molecule has 0 saturated carbocycles. The summed E-state index contributed by atoms with van der Waals surface area (Å²) in [6, 6.07) is 7.00. The second-order valence-corrected chi connectivity index (χ2v) is 3.67. The van der Waals surface area contributed by atoms with E-state index in [9.17, 15) is 4.79 Å². The van der Waals surface area contributed by atoms with Gasteiger partial charge in [-0.15, -0.1) is 13.2 Å². The number of hydrogen-bond acceptors (Lipinski definition) is 1. The van der Waals surface area contributed by atoms with Gasteiger partial charge in [-0.05, 0) is 12.1 Å². The molecule has 0 bridgehead atoms. The molecular formula is C13H14ClNO. The number of amides is 1. The van der Waals surface area contributed by atoms with Crippen LogP contribution in [-0.4, -0.2) is 23.9 Å². The summed E-state index contributed by atoms with van der Waals surface area (Å²) in [7, 11) is 0. The zero-order chi connectivity index (χ0) is 12.0. The fourth-order valence-corrected chi connectivity index (χ4v) is 1.57. The standard InChI is InChI=1S/C13H14ClNO/c1-3-9-15(10-4-2)13(16)11-7-5-6-8-12(11)14/h3-8H,1-2,9-10H2. The van der Waals surface area contributed by atoms with Crippen LogP contribution in [0.3, 0.4) is 0 Å². The summed E-state index contributed by atoms with van der Waals surface area (Å²) in [5.74, 6) is -0.106. The Bertz CT molecular complexity index is 391. The zero-order valence-corrected chi connectivity index (χ0v) is 9.78. The second-order valence-electron chi connectivity index (χ2n) is 3.27. The molecule has 0 spiro atoms. The number of nitrogens with zero attached hydrogens (tertiary/aromatic N) is 1. The molecule has 0 aliphatic heterocycles. The van der Waals surface area contributed by atoms with Crippen LogP contribution >= 0.6 is 11.6 Å². The minimum absolute atomic E-state index is 0.106. The predicted molar refractivity (Wildman–Crippen MR) is 67.7 cm³/mol. The zero-order valence-electron chi connectivity index (χ0n) is 9.03. The third kappa shape index (κ3) is 2.97. The third-order valence-electron chi connectivity index (χ3n) is 2.09. The minimum Gasteiger partial charge on any atom is -0.331 e. The first kappa shape index (κ1) is 12.5. The highest BCUT2D eigenvalue weighted by Crippen LogP contribution is 2.17. The quantitative estimate of drug-likeness (QED) is 0.718. The maximum atomic E-state index is 12.1. The molecule has 1 aromatic carbocycles. The molecule has 0 aromatic heterocycles. The number of carbonyl (C=O) groups is 1. The number of halogens is 1. The van der Waals surface area contributed by atoms with Gasteiger partial charge in [0.2, 0.25) is 0 Å². The lowest BCUT2D eigenvalue weighted by Gasteiger charge is -2.19. The Balaban J connectivity index is 2.94. The van der Waals surface area contributed by atoms with E-state index in [1.54, 1.807) is 41.3 Å². The summed E-state index contributed by atoms with van der Waals surface area (Å²) in [6.07, 6.45) is 3.36. The molecule has 1 amide bonds. The first-order valence-corrected chi connectivity index (χ1v) is 5.34.